The van der Waals surface area contributed by atoms with Crippen molar-refractivity contribution in [3.05, 3.63) is 29.8 Å². The van der Waals surface area contributed by atoms with Crippen molar-refractivity contribution < 1.29 is 9.53 Å². The van der Waals surface area contributed by atoms with Gasteiger partial charge in [-0.05, 0) is 57.2 Å². The van der Waals surface area contributed by atoms with Crippen molar-refractivity contribution in [2.45, 2.75) is 45.8 Å². The minimum atomic E-state index is -0.460. The Kier molecular flexibility index (Phi) is 5.23. The van der Waals surface area contributed by atoms with Gasteiger partial charge in [-0.15, -0.1) is 0 Å². The number of carbonyl (C=O) groups is 1. The van der Waals surface area contributed by atoms with Gasteiger partial charge in [-0.3, -0.25) is 4.79 Å². The molecular weight excluding hydrogens is 264 g/mol. The van der Waals surface area contributed by atoms with Crippen LogP contribution in [0.2, 0.25) is 0 Å². The molecule has 4 heteroatoms. The molecule has 4 nitrogen and oxygen atoms in total. The molecular formula is C17H26N2O2. The van der Waals surface area contributed by atoms with Crippen molar-refractivity contribution >= 4 is 5.91 Å². The maximum atomic E-state index is 12.5. The predicted molar refractivity (Wildman–Crippen MR) is 84.2 cm³/mol. The second-order valence-electron chi connectivity index (χ2n) is 6.12. The Morgan fingerprint density at radius 1 is 1.43 bits per heavy atom. The van der Waals surface area contributed by atoms with Gasteiger partial charge < -0.3 is 15.4 Å². The van der Waals surface area contributed by atoms with Crippen LogP contribution in [0.3, 0.4) is 0 Å². The molecule has 0 saturated carbocycles. The molecule has 0 aliphatic carbocycles. The number of piperidine rings is 1. The molecule has 116 valence electrons. The zero-order valence-corrected chi connectivity index (χ0v) is 13.2. The molecule has 1 fully saturated rings. The van der Waals surface area contributed by atoms with Crippen LogP contribution in [0.25, 0.3) is 0 Å². The van der Waals surface area contributed by atoms with Gasteiger partial charge in [0.1, 0.15) is 5.75 Å². The lowest BCUT2D eigenvalue weighted by Gasteiger charge is -2.35. The summed E-state index contributed by atoms with van der Waals surface area (Å²) >= 11 is 0. The van der Waals surface area contributed by atoms with Gasteiger partial charge in [0.05, 0.1) is 0 Å². The third-order valence-electron chi connectivity index (χ3n) is 4.16. The van der Waals surface area contributed by atoms with Gasteiger partial charge in [0.2, 0.25) is 0 Å². The fourth-order valence-electron chi connectivity index (χ4n) is 2.84. The topological polar surface area (TPSA) is 55.6 Å². The lowest BCUT2D eigenvalue weighted by Crippen LogP contribution is -2.48. The average molecular weight is 290 g/mol. The second-order valence-corrected chi connectivity index (χ2v) is 6.12. The lowest BCUT2D eigenvalue weighted by molar-refractivity contribution is -0.139. The summed E-state index contributed by atoms with van der Waals surface area (Å²) in [5.74, 6) is 1.20. The molecule has 2 N–H and O–H groups in total. The van der Waals surface area contributed by atoms with Crippen LogP contribution in [-0.2, 0) is 4.79 Å². The Labute approximate surface area is 127 Å². The summed E-state index contributed by atoms with van der Waals surface area (Å²) in [7, 11) is 0. The third kappa shape index (κ3) is 4.21. The summed E-state index contributed by atoms with van der Waals surface area (Å²) in [6.07, 6.45) is 1.67. The number of amides is 1. The van der Waals surface area contributed by atoms with E-state index in [-0.39, 0.29) is 11.9 Å². The molecule has 1 heterocycles. The first-order valence-corrected chi connectivity index (χ1v) is 7.75. The fourth-order valence-corrected chi connectivity index (χ4v) is 2.84. The Hall–Kier alpha value is -1.55. The first-order valence-electron chi connectivity index (χ1n) is 7.75. The van der Waals surface area contributed by atoms with E-state index in [1.807, 2.05) is 49.9 Å². The van der Waals surface area contributed by atoms with Crippen molar-refractivity contribution in [1.29, 1.82) is 0 Å². The molecule has 1 amide bonds. The number of nitrogens with zero attached hydrogens (tertiary/aromatic N) is 1. The van der Waals surface area contributed by atoms with Crippen molar-refractivity contribution in [2.75, 3.05) is 13.1 Å². The molecule has 1 aromatic carbocycles. The number of benzene rings is 1. The van der Waals surface area contributed by atoms with Gasteiger partial charge in [-0.25, -0.2) is 0 Å². The maximum Gasteiger partial charge on any atom is 0.263 e. The van der Waals surface area contributed by atoms with Crippen LogP contribution in [0.15, 0.2) is 24.3 Å². The number of nitrogens with two attached hydrogens (primary N) is 1. The molecule has 21 heavy (non-hydrogen) atoms. The summed E-state index contributed by atoms with van der Waals surface area (Å²) in [5.41, 5.74) is 7.10. The molecule has 1 aliphatic rings. The standard InChI is InChI=1S/C17H26N2O2/c1-12-6-4-8-16(10-12)21-14(3)17(20)19-9-5-7-15(11-19)13(2)18/h4,6,8,10,13-15H,5,7,9,11,18H2,1-3H3. The van der Waals surface area contributed by atoms with Crippen LogP contribution in [0.4, 0.5) is 0 Å². The highest BCUT2D eigenvalue weighted by Crippen LogP contribution is 2.21. The number of hydrogen-bond donors (Lipinski definition) is 1. The molecule has 3 unspecified atom stereocenters. The van der Waals surface area contributed by atoms with Gasteiger partial charge in [0.15, 0.2) is 6.10 Å². The van der Waals surface area contributed by atoms with E-state index in [2.05, 4.69) is 0 Å². The van der Waals surface area contributed by atoms with E-state index >= 15 is 0 Å². The van der Waals surface area contributed by atoms with Gasteiger partial charge in [-0.1, -0.05) is 12.1 Å². The van der Waals surface area contributed by atoms with E-state index in [0.717, 1.165) is 37.2 Å². The van der Waals surface area contributed by atoms with Gasteiger partial charge in [-0.2, -0.15) is 0 Å². The summed E-state index contributed by atoms with van der Waals surface area (Å²) < 4.78 is 5.78. The molecule has 1 aliphatic heterocycles. The molecule has 1 saturated heterocycles. The monoisotopic (exact) mass is 290 g/mol. The third-order valence-corrected chi connectivity index (χ3v) is 4.16. The predicted octanol–water partition coefficient (Wildman–Crippen LogP) is 2.35. The fraction of sp³-hybridized carbons (Fsp3) is 0.588. The van der Waals surface area contributed by atoms with E-state index in [0.29, 0.717) is 5.92 Å². The lowest BCUT2D eigenvalue weighted by atomic mass is 9.92. The highest BCUT2D eigenvalue weighted by molar-refractivity contribution is 5.81. The van der Waals surface area contributed by atoms with E-state index in [1.54, 1.807) is 0 Å². The van der Waals surface area contributed by atoms with Gasteiger partial charge >= 0.3 is 0 Å². The van der Waals surface area contributed by atoms with Crippen LogP contribution in [0.1, 0.15) is 32.3 Å². The number of hydrogen-bond acceptors (Lipinski definition) is 3. The Bertz CT molecular complexity index is 487. The van der Waals surface area contributed by atoms with Crippen LogP contribution in [0.5, 0.6) is 5.75 Å². The molecule has 1 aromatic rings. The largest absolute Gasteiger partial charge is 0.481 e. The zero-order valence-electron chi connectivity index (χ0n) is 13.2. The maximum absolute atomic E-state index is 12.5. The number of carbonyl (C=O) groups excluding carboxylic acids is 1. The SMILES string of the molecule is Cc1cccc(OC(C)C(=O)N2CCCC(C(C)N)C2)c1. The van der Waals surface area contributed by atoms with Crippen molar-refractivity contribution in [3.63, 3.8) is 0 Å². The summed E-state index contributed by atoms with van der Waals surface area (Å²) in [4.78, 5) is 14.4. The summed E-state index contributed by atoms with van der Waals surface area (Å²) in [5, 5.41) is 0. The Morgan fingerprint density at radius 3 is 2.86 bits per heavy atom. The number of likely N-dealkylation sites (tertiary alicyclic amines) is 1. The Balaban J connectivity index is 1.95. The van der Waals surface area contributed by atoms with E-state index in [1.165, 1.54) is 0 Å². The van der Waals surface area contributed by atoms with Crippen molar-refractivity contribution in [3.8, 4) is 5.75 Å². The zero-order chi connectivity index (χ0) is 15.4. The molecule has 0 aromatic heterocycles. The van der Waals surface area contributed by atoms with Crippen LogP contribution in [-0.4, -0.2) is 36.0 Å². The van der Waals surface area contributed by atoms with Crippen molar-refractivity contribution in [2.24, 2.45) is 11.7 Å². The van der Waals surface area contributed by atoms with Crippen LogP contribution in [0, 0.1) is 12.8 Å². The number of ether oxygens (including phenoxy) is 1. The quantitative estimate of drug-likeness (QED) is 0.926. The number of rotatable bonds is 4. The molecule has 0 spiro atoms. The van der Waals surface area contributed by atoms with Crippen LogP contribution >= 0.6 is 0 Å². The van der Waals surface area contributed by atoms with Gasteiger partial charge in [0.25, 0.3) is 5.91 Å². The molecule has 3 atom stereocenters. The van der Waals surface area contributed by atoms with Gasteiger partial charge in [0, 0.05) is 19.1 Å². The first kappa shape index (κ1) is 15.8. The molecule has 0 bridgehead atoms. The van der Waals surface area contributed by atoms with Crippen LogP contribution < -0.4 is 10.5 Å². The minimum Gasteiger partial charge on any atom is -0.481 e. The minimum absolute atomic E-state index is 0.0573. The van der Waals surface area contributed by atoms with Crippen molar-refractivity contribution in [1.82, 2.24) is 4.90 Å². The van der Waals surface area contributed by atoms with E-state index in [9.17, 15) is 4.79 Å². The summed E-state index contributed by atoms with van der Waals surface area (Å²) in [6, 6.07) is 7.92. The van der Waals surface area contributed by atoms with E-state index < -0.39 is 6.10 Å². The van der Waals surface area contributed by atoms with E-state index in [4.69, 9.17) is 10.5 Å². The second kappa shape index (κ2) is 6.94. The highest BCUT2D eigenvalue weighted by Gasteiger charge is 2.29. The highest BCUT2D eigenvalue weighted by atomic mass is 16.5. The molecule has 0 radical (unpaired) electrons. The first-order chi connectivity index (χ1) is 9.97. The number of aryl methyl sites for hydroxylation is 1. The Morgan fingerprint density at radius 2 is 2.19 bits per heavy atom. The normalized spacial score (nSPS) is 21.7. The average Bonchev–Trinajstić information content (AvgIpc) is 2.46. The molecule has 2 rings (SSSR count). The smallest absolute Gasteiger partial charge is 0.263 e. The summed E-state index contributed by atoms with van der Waals surface area (Å²) in [6.45, 7) is 7.41.